The van der Waals surface area contributed by atoms with Crippen LogP contribution in [0.1, 0.15) is 103 Å². The summed E-state index contributed by atoms with van der Waals surface area (Å²) in [6.45, 7) is 15.5. The summed E-state index contributed by atoms with van der Waals surface area (Å²) >= 11 is 3.23. The number of amides is 3. The third-order valence-corrected chi connectivity index (χ3v) is 14.9. The summed E-state index contributed by atoms with van der Waals surface area (Å²) in [7, 11) is 1.37. The number of carbonyl (C=O) groups is 4. The van der Waals surface area contributed by atoms with E-state index in [0.29, 0.717) is 11.6 Å². The summed E-state index contributed by atoms with van der Waals surface area (Å²) in [5, 5.41) is 26.5. The van der Waals surface area contributed by atoms with Gasteiger partial charge in [-0.2, -0.15) is 0 Å². The minimum atomic E-state index is -0.952. The number of fused-ring (bicyclic) bond motifs is 3. The molecule has 6 aromatic rings. The molecule has 3 N–H and O–H groups in total. The molecule has 3 aromatic heterocycles. The molecule has 0 bridgehead atoms. The van der Waals surface area contributed by atoms with Crippen molar-refractivity contribution in [3.05, 3.63) is 128 Å². The second kappa shape index (κ2) is 19.1. The Morgan fingerprint density at radius 3 is 2.15 bits per heavy atom. The van der Waals surface area contributed by atoms with Gasteiger partial charge < -0.3 is 25.4 Å². The maximum absolute atomic E-state index is 14.3. The Morgan fingerprint density at radius 1 is 0.881 bits per heavy atom. The monoisotopic (exact) mass is 940 g/mol. The zero-order valence-electron chi connectivity index (χ0n) is 39.2. The van der Waals surface area contributed by atoms with E-state index in [0.717, 1.165) is 70.7 Å². The van der Waals surface area contributed by atoms with Gasteiger partial charge in [0.15, 0.2) is 5.82 Å². The zero-order chi connectivity index (χ0) is 47.9. The fourth-order valence-electron chi connectivity index (χ4n) is 8.81. The molecule has 0 spiro atoms. The van der Waals surface area contributed by atoms with Gasteiger partial charge in [-0.1, -0.05) is 93.6 Å². The molecule has 14 nitrogen and oxygen atoms in total. The number of likely N-dealkylation sites (tertiary alicyclic amines) is 1. The van der Waals surface area contributed by atoms with Crippen LogP contribution in [0.5, 0.6) is 0 Å². The molecule has 1 saturated heterocycles. The highest BCUT2D eigenvalue weighted by molar-refractivity contribution is 7.15. The molecule has 348 valence electrons. The number of hydrogen-bond donors (Lipinski definition) is 3. The van der Waals surface area contributed by atoms with E-state index in [2.05, 4.69) is 39.7 Å². The van der Waals surface area contributed by atoms with Crippen molar-refractivity contribution in [2.75, 3.05) is 13.7 Å². The van der Waals surface area contributed by atoms with Gasteiger partial charge in [-0.15, -0.1) is 32.9 Å². The standard InChI is InChI=1S/C51H56N8O6S2/c1-27-30(4)67-50-43(27)44(54-39(24-42(62)65-9)47-57-56-31(5)59(47)50)36-18-16-35(17-19-36)34-12-10-32(11-13-34)22-41(61)55-46(51(6,7)8)49(64)58-25-38(60)23-40(58)48(63)53-28(2)33-14-20-37(21-15-33)45-29(3)52-26-66-45/h10-21,26,28,38-40,46,60H,22-25H2,1-9H3,(H,53,63)(H,55,61)/t28-,38+,39-,40-,46?/m0/s1. The molecule has 67 heavy (non-hydrogen) atoms. The first-order chi connectivity index (χ1) is 31.9. The average Bonchev–Trinajstić information content (AvgIpc) is 4.07. The quantitative estimate of drug-likeness (QED) is 0.104. The molecular formula is C51H56N8O6S2. The first kappa shape index (κ1) is 47.1. The second-order valence-electron chi connectivity index (χ2n) is 18.5. The molecule has 0 saturated carbocycles. The van der Waals surface area contributed by atoms with Gasteiger partial charge in [0, 0.05) is 29.0 Å². The number of aliphatic hydroxyl groups excluding tert-OH is 1. The number of thiophene rings is 1. The number of β-amino-alcohol motifs (C(OH)–C–C–N with tert-alkyl or cyclic N) is 1. The maximum Gasteiger partial charge on any atom is 0.308 e. The first-order valence-corrected chi connectivity index (χ1v) is 24.1. The van der Waals surface area contributed by atoms with E-state index in [-0.39, 0.29) is 49.6 Å². The van der Waals surface area contributed by atoms with Crippen LogP contribution in [0.15, 0.2) is 83.3 Å². The Hall–Kier alpha value is -6.36. The summed E-state index contributed by atoms with van der Waals surface area (Å²) in [6.07, 6.45) is -0.729. The highest BCUT2D eigenvalue weighted by atomic mass is 32.1. The van der Waals surface area contributed by atoms with E-state index < -0.39 is 35.6 Å². The predicted octanol–water partition coefficient (Wildman–Crippen LogP) is 7.72. The van der Waals surface area contributed by atoms with Gasteiger partial charge in [0.05, 0.1) is 53.9 Å². The Kier molecular flexibility index (Phi) is 13.4. The number of aliphatic imine (C=N–C) groups is 1. The number of aliphatic hydroxyl groups is 1. The SMILES string of the molecule is COC(=O)C[C@@H]1N=C(c2ccc(-c3ccc(CC(=O)NC(C(=O)N4C[C@H](O)C[C@H]4C(=O)N[C@@H](C)c4ccc(-c5scnc5C)cc4)C(C)(C)C)cc3)cc2)c2c(sc(C)c2C)-n2c(C)nnc21. The summed E-state index contributed by atoms with van der Waals surface area (Å²) < 4.78 is 7.04. The first-order valence-electron chi connectivity index (χ1n) is 22.4. The number of rotatable bonds is 12. The minimum absolute atomic E-state index is 0.0131. The second-order valence-corrected chi connectivity index (χ2v) is 20.6. The number of thiazole rings is 1. The molecular weight excluding hydrogens is 885 g/mol. The van der Waals surface area contributed by atoms with E-state index in [1.54, 1.807) is 22.7 Å². The van der Waals surface area contributed by atoms with E-state index in [4.69, 9.17) is 9.73 Å². The third kappa shape index (κ3) is 9.74. The van der Waals surface area contributed by atoms with Crippen molar-refractivity contribution in [1.82, 2.24) is 35.3 Å². The van der Waals surface area contributed by atoms with Crippen LogP contribution in [0.3, 0.4) is 0 Å². The van der Waals surface area contributed by atoms with Crippen LogP contribution in [-0.2, 0) is 30.3 Å². The third-order valence-electron chi connectivity index (χ3n) is 12.7. The normalized spacial score (nSPS) is 17.7. The van der Waals surface area contributed by atoms with Gasteiger partial charge >= 0.3 is 5.97 Å². The molecule has 3 aromatic carbocycles. The van der Waals surface area contributed by atoms with Crippen LogP contribution >= 0.6 is 22.7 Å². The molecule has 2 aliphatic rings. The Balaban J connectivity index is 0.933. The lowest BCUT2D eigenvalue weighted by Gasteiger charge is -2.35. The molecule has 1 fully saturated rings. The van der Waals surface area contributed by atoms with Crippen LogP contribution in [0.25, 0.3) is 26.6 Å². The highest BCUT2D eigenvalue weighted by Crippen LogP contribution is 2.40. The summed E-state index contributed by atoms with van der Waals surface area (Å²) in [5.41, 5.74) is 10.5. The van der Waals surface area contributed by atoms with E-state index >= 15 is 0 Å². The molecule has 8 rings (SSSR count). The largest absolute Gasteiger partial charge is 0.469 e. The lowest BCUT2D eigenvalue weighted by molar-refractivity contribution is -0.144. The molecule has 1 unspecified atom stereocenters. The van der Waals surface area contributed by atoms with Gasteiger partial charge in [-0.25, -0.2) is 4.98 Å². The van der Waals surface area contributed by atoms with Crippen molar-refractivity contribution in [1.29, 1.82) is 0 Å². The van der Waals surface area contributed by atoms with Crippen molar-refractivity contribution in [2.24, 2.45) is 10.4 Å². The minimum Gasteiger partial charge on any atom is -0.469 e. The predicted molar refractivity (Wildman–Crippen MR) is 260 cm³/mol. The van der Waals surface area contributed by atoms with Crippen LogP contribution in [0, 0.1) is 33.1 Å². The number of aromatic nitrogens is 4. The van der Waals surface area contributed by atoms with Crippen molar-refractivity contribution in [3.8, 4) is 26.6 Å². The number of nitrogens with zero attached hydrogens (tertiary/aromatic N) is 6. The number of methoxy groups -OCH3 is 1. The smallest absolute Gasteiger partial charge is 0.308 e. The van der Waals surface area contributed by atoms with E-state index in [1.807, 2.05) is 124 Å². The van der Waals surface area contributed by atoms with Crippen molar-refractivity contribution in [2.45, 2.75) is 105 Å². The van der Waals surface area contributed by atoms with Crippen LogP contribution in [0.2, 0.25) is 0 Å². The molecule has 16 heteroatoms. The Bertz CT molecular complexity index is 2860. The fourth-order valence-corrected chi connectivity index (χ4v) is 10.8. The fraction of sp³-hybridized carbons (Fsp3) is 0.373. The number of esters is 1. The number of nitrogens with one attached hydrogen (secondary N) is 2. The molecule has 5 heterocycles. The van der Waals surface area contributed by atoms with Gasteiger partial charge in [-0.3, -0.25) is 28.7 Å². The van der Waals surface area contributed by atoms with E-state index in [1.165, 1.54) is 12.0 Å². The summed E-state index contributed by atoms with van der Waals surface area (Å²) in [6, 6.07) is 21.0. The number of aryl methyl sites for hydroxylation is 3. The van der Waals surface area contributed by atoms with Gasteiger partial charge in [0.25, 0.3) is 0 Å². The maximum atomic E-state index is 14.3. The molecule has 0 aliphatic carbocycles. The summed E-state index contributed by atoms with van der Waals surface area (Å²) in [4.78, 5) is 67.5. The number of hydrogen-bond acceptors (Lipinski definition) is 12. The average molecular weight is 941 g/mol. The van der Waals surface area contributed by atoms with Gasteiger partial charge in [0.2, 0.25) is 17.7 Å². The van der Waals surface area contributed by atoms with E-state index in [9.17, 15) is 24.3 Å². The topological polar surface area (TPSA) is 181 Å². The molecule has 2 aliphatic heterocycles. The van der Waals surface area contributed by atoms with Gasteiger partial charge in [0.1, 0.15) is 29.0 Å². The van der Waals surface area contributed by atoms with Crippen LogP contribution in [-0.4, -0.2) is 91.0 Å². The molecule has 5 atom stereocenters. The number of carbonyl (C=O) groups excluding carboxylic acids is 4. The Labute approximate surface area is 398 Å². The summed E-state index contributed by atoms with van der Waals surface area (Å²) in [5.74, 6) is -0.190. The van der Waals surface area contributed by atoms with Crippen LogP contribution < -0.4 is 10.6 Å². The molecule has 0 radical (unpaired) electrons. The zero-order valence-corrected chi connectivity index (χ0v) is 40.8. The Morgan fingerprint density at radius 2 is 1.52 bits per heavy atom. The van der Waals surface area contributed by atoms with Gasteiger partial charge in [-0.05, 0) is 73.4 Å². The lowest BCUT2D eigenvalue weighted by atomic mass is 9.85. The van der Waals surface area contributed by atoms with Crippen molar-refractivity contribution < 1.29 is 29.0 Å². The van der Waals surface area contributed by atoms with Crippen molar-refractivity contribution in [3.63, 3.8) is 0 Å². The molecule has 3 amide bonds. The highest BCUT2D eigenvalue weighted by Gasteiger charge is 2.45. The lowest BCUT2D eigenvalue weighted by Crippen LogP contribution is -2.58. The van der Waals surface area contributed by atoms with Crippen molar-refractivity contribution >= 4 is 52.1 Å². The number of ether oxygens (including phenoxy) is 1. The number of benzene rings is 3. The van der Waals surface area contributed by atoms with Crippen LogP contribution in [0.4, 0.5) is 0 Å².